The number of tetrazole rings is 1. The molecule has 2 heterocycles. The molecule has 6 nitrogen and oxygen atoms in total. The minimum Gasteiger partial charge on any atom is -0.351 e. The molecule has 1 aliphatic rings. The van der Waals surface area contributed by atoms with Gasteiger partial charge in [-0.15, -0.1) is 10.2 Å². The van der Waals surface area contributed by atoms with E-state index in [1.54, 1.807) is 0 Å². The molecule has 1 aromatic heterocycles. The van der Waals surface area contributed by atoms with Crippen LogP contribution >= 0.6 is 0 Å². The number of benzene rings is 2. The minimum absolute atomic E-state index is 0.138. The number of halogens is 3. The number of alkyl halides is 3. The zero-order valence-corrected chi connectivity index (χ0v) is 19.6. The zero-order chi connectivity index (χ0) is 24.3. The second kappa shape index (κ2) is 9.87. The molecule has 180 valence electrons. The summed E-state index contributed by atoms with van der Waals surface area (Å²) in [7, 11) is 0. The molecule has 1 N–H and O–H groups in total. The van der Waals surface area contributed by atoms with Gasteiger partial charge in [0.05, 0.1) is 6.67 Å². The molecule has 1 aliphatic heterocycles. The second-order valence-corrected chi connectivity index (χ2v) is 8.98. The standard InChI is InChI=1S/C25H29F3N6/c1-4-7-22-23(25(26,27)28)34(14-17(2)3)16-33(22)15-18-10-12-19(13-11-18)20-8-5-6-9-21(20)24-29-31-32-30-24/h5-6,8-13,17H,4,7,14-16H2,1-3H3,(H,29,30,31,32). The molecule has 34 heavy (non-hydrogen) atoms. The molecule has 0 amide bonds. The Morgan fingerprint density at radius 1 is 1.00 bits per heavy atom. The second-order valence-electron chi connectivity index (χ2n) is 8.98. The summed E-state index contributed by atoms with van der Waals surface area (Å²) in [5, 5.41) is 14.3. The number of aromatic nitrogens is 4. The first-order chi connectivity index (χ1) is 16.3. The molecule has 0 fully saturated rings. The van der Waals surface area contributed by atoms with Crippen molar-refractivity contribution in [3.8, 4) is 22.5 Å². The van der Waals surface area contributed by atoms with Crippen LogP contribution in [0.3, 0.4) is 0 Å². The Morgan fingerprint density at radius 3 is 2.29 bits per heavy atom. The van der Waals surface area contributed by atoms with Gasteiger partial charge in [0.2, 0.25) is 5.82 Å². The lowest BCUT2D eigenvalue weighted by Gasteiger charge is -2.26. The van der Waals surface area contributed by atoms with Crippen molar-refractivity contribution in [3.63, 3.8) is 0 Å². The van der Waals surface area contributed by atoms with Crippen LogP contribution in [0.1, 0.15) is 39.2 Å². The van der Waals surface area contributed by atoms with Gasteiger partial charge in [-0.05, 0) is 34.2 Å². The number of H-pyrrole nitrogens is 1. The van der Waals surface area contributed by atoms with Crippen molar-refractivity contribution in [1.29, 1.82) is 0 Å². The first-order valence-electron chi connectivity index (χ1n) is 11.5. The maximum Gasteiger partial charge on any atom is 0.432 e. The Labute approximate surface area is 197 Å². The summed E-state index contributed by atoms with van der Waals surface area (Å²) in [5.41, 5.74) is 3.67. The Hall–Kier alpha value is -3.36. The molecule has 0 saturated carbocycles. The molecule has 4 rings (SSSR count). The van der Waals surface area contributed by atoms with E-state index in [0.717, 1.165) is 22.3 Å². The highest BCUT2D eigenvalue weighted by atomic mass is 19.4. The maximum atomic E-state index is 14.0. The van der Waals surface area contributed by atoms with Crippen molar-refractivity contribution in [1.82, 2.24) is 30.4 Å². The van der Waals surface area contributed by atoms with Crippen LogP contribution < -0.4 is 0 Å². The average molecular weight is 471 g/mol. The largest absolute Gasteiger partial charge is 0.432 e. The van der Waals surface area contributed by atoms with Crippen LogP contribution in [-0.4, -0.2) is 49.8 Å². The van der Waals surface area contributed by atoms with Crippen LogP contribution in [0.5, 0.6) is 0 Å². The summed E-state index contributed by atoms with van der Waals surface area (Å²) in [4.78, 5) is 3.36. The molecule has 0 radical (unpaired) electrons. The van der Waals surface area contributed by atoms with Gasteiger partial charge >= 0.3 is 6.18 Å². The van der Waals surface area contributed by atoms with Crippen molar-refractivity contribution in [3.05, 3.63) is 65.5 Å². The van der Waals surface area contributed by atoms with Gasteiger partial charge in [0, 0.05) is 24.4 Å². The van der Waals surface area contributed by atoms with Crippen molar-refractivity contribution in [2.45, 2.75) is 46.3 Å². The van der Waals surface area contributed by atoms with Gasteiger partial charge in [-0.3, -0.25) is 0 Å². The van der Waals surface area contributed by atoms with E-state index in [1.165, 1.54) is 4.90 Å². The monoisotopic (exact) mass is 470 g/mol. The third-order valence-electron chi connectivity index (χ3n) is 5.81. The van der Waals surface area contributed by atoms with Crippen molar-refractivity contribution in [2.75, 3.05) is 13.2 Å². The summed E-state index contributed by atoms with van der Waals surface area (Å²) >= 11 is 0. The predicted molar refractivity (Wildman–Crippen MR) is 125 cm³/mol. The summed E-state index contributed by atoms with van der Waals surface area (Å²) in [6.07, 6.45) is -3.30. The quantitative estimate of drug-likeness (QED) is 0.448. The summed E-state index contributed by atoms with van der Waals surface area (Å²) in [5.74, 6) is 0.648. The normalized spacial score (nSPS) is 14.6. The van der Waals surface area contributed by atoms with Gasteiger partial charge in [0.1, 0.15) is 5.70 Å². The van der Waals surface area contributed by atoms with E-state index in [0.29, 0.717) is 37.5 Å². The molecule has 0 saturated heterocycles. The fourth-order valence-corrected chi connectivity index (χ4v) is 4.50. The molecular formula is C25H29F3N6. The smallest absolute Gasteiger partial charge is 0.351 e. The van der Waals surface area contributed by atoms with Gasteiger partial charge in [-0.2, -0.15) is 18.4 Å². The molecule has 0 bridgehead atoms. The molecule has 2 aromatic carbocycles. The number of hydrogen-bond donors (Lipinski definition) is 1. The third kappa shape index (κ3) is 5.08. The number of nitrogens with zero attached hydrogens (tertiary/aromatic N) is 5. The van der Waals surface area contributed by atoms with E-state index in [9.17, 15) is 13.2 Å². The van der Waals surface area contributed by atoms with Crippen LogP contribution in [-0.2, 0) is 6.54 Å². The van der Waals surface area contributed by atoms with E-state index in [-0.39, 0.29) is 12.6 Å². The lowest BCUT2D eigenvalue weighted by atomic mass is 9.98. The van der Waals surface area contributed by atoms with Gasteiger partial charge < -0.3 is 9.80 Å². The molecule has 0 atom stereocenters. The molecule has 3 aromatic rings. The number of rotatable bonds is 8. The molecule has 9 heteroatoms. The van der Waals surface area contributed by atoms with Crippen LogP contribution in [0.25, 0.3) is 22.5 Å². The van der Waals surface area contributed by atoms with Crippen LogP contribution in [0.4, 0.5) is 13.2 Å². The number of allylic oxidation sites excluding steroid dienone is 2. The van der Waals surface area contributed by atoms with Crippen LogP contribution in [0.15, 0.2) is 59.9 Å². The number of aromatic amines is 1. The number of hydrogen-bond acceptors (Lipinski definition) is 5. The molecular weight excluding hydrogens is 441 g/mol. The SMILES string of the molecule is CCCC1=C(C(F)(F)F)N(CC(C)C)CN1Cc1ccc(-c2ccccc2-c2nn[nH]n2)cc1. The number of nitrogens with one attached hydrogen (secondary N) is 1. The lowest BCUT2D eigenvalue weighted by Crippen LogP contribution is -2.34. The van der Waals surface area contributed by atoms with Crippen molar-refractivity contribution >= 4 is 0 Å². The summed E-state index contributed by atoms with van der Waals surface area (Å²) in [6.45, 7) is 6.87. The predicted octanol–water partition coefficient (Wildman–Crippen LogP) is 5.84. The topological polar surface area (TPSA) is 60.9 Å². The highest BCUT2D eigenvalue weighted by molar-refractivity contribution is 5.80. The average Bonchev–Trinajstić information content (AvgIpc) is 3.43. The van der Waals surface area contributed by atoms with Crippen molar-refractivity contribution in [2.24, 2.45) is 5.92 Å². The molecule has 0 aliphatic carbocycles. The minimum atomic E-state index is -4.36. The zero-order valence-electron chi connectivity index (χ0n) is 19.6. The van der Waals surface area contributed by atoms with E-state index < -0.39 is 11.9 Å². The highest BCUT2D eigenvalue weighted by Gasteiger charge is 2.45. The fraction of sp³-hybridized carbons (Fsp3) is 0.400. The van der Waals surface area contributed by atoms with Crippen molar-refractivity contribution < 1.29 is 13.2 Å². The molecule has 0 unspecified atom stereocenters. The van der Waals surface area contributed by atoms with Gasteiger partial charge in [-0.25, -0.2) is 0 Å². The fourth-order valence-electron chi connectivity index (χ4n) is 4.50. The highest BCUT2D eigenvalue weighted by Crippen LogP contribution is 2.39. The van der Waals surface area contributed by atoms with Crippen LogP contribution in [0.2, 0.25) is 0 Å². The van der Waals surface area contributed by atoms with Gasteiger partial charge in [0.25, 0.3) is 0 Å². The van der Waals surface area contributed by atoms with E-state index >= 15 is 0 Å². The Kier molecular flexibility index (Phi) is 6.90. The van der Waals surface area contributed by atoms with E-state index in [2.05, 4.69) is 20.6 Å². The van der Waals surface area contributed by atoms with Crippen LogP contribution in [0, 0.1) is 5.92 Å². The van der Waals surface area contributed by atoms with Gasteiger partial charge in [-0.1, -0.05) is 75.7 Å². The third-order valence-corrected chi connectivity index (χ3v) is 5.81. The maximum absolute atomic E-state index is 14.0. The first kappa shape index (κ1) is 23.8. The summed E-state index contributed by atoms with van der Waals surface area (Å²) in [6, 6.07) is 15.7. The van der Waals surface area contributed by atoms with Gasteiger partial charge in [0.15, 0.2) is 0 Å². The van der Waals surface area contributed by atoms with E-state index in [1.807, 2.05) is 74.2 Å². The van der Waals surface area contributed by atoms with E-state index in [4.69, 9.17) is 0 Å². The lowest BCUT2D eigenvalue weighted by molar-refractivity contribution is -0.110. The Morgan fingerprint density at radius 2 is 1.71 bits per heavy atom. The summed E-state index contributed by atoms with van der Waals surface area (Å²) < 4.78 is 42.0. The first-order valence-corrected chi connectivity index (χ1v) is 11.5. The molecule has 0 spiro atoms. The Bertz CT molecular complexity index is 1120. The Balaban J connectivity index is 1.60.